The van der Waals surface area contributed by atoms with E-state index in [0.717, 1.165) is 57.8 Å². The Kier molecular flexibility index (Phi) is 18.5. The third kappa shape index (κ3) is 14.5. The number of nitrogens with one attached hydrogen (secondary N) is 3. The van der Waals surface area contributed by atoms with Gasteiger partial charge in [0.1, 0.15) is 6.10 Å². The zero-order chi connectivity index (χ0) is 37.3. The van der Waals surface area contributed by atoms with E-state index in [1.165, 1.54) is 70.6 Å². The summed E-state index contributed by atoms with van der Waals surface area (Å²) in [5, 5.41) is 16.9. The molecule has 5 unspecified atom stereocenters. The van der Waals surface area contributed by atoms with Gasteiger partial charge >= 0.3 is 12.0 Å². The molecule has 0 bridgehead atoms. The van der Waals surface area contributed by atoms with Gasteiger partial charge in [-0.15, -0.1) is 0 Å². The first-order valence-electron chi connectivity index (χ1n) is 20.7. The summed E-state index contributed by atoms with van der Waals surface area (Å²) >= 11 is 0. The van der Waals surface area contributed by atoms with Crippen LogP contribution in [0.4, 0.5) is 4.79 Å². The van der Waals surface area contributed by atoms with Crippen molar-refractivity contribution in [2.24, 2.45) is 11.3 Å². The number of carboxylic acid groups (broad SMARTS) is 1. The summed E-state index contributed by atoms with van der Waals surface area (Å²) in [6, 6.07) is 1.54. The van der Waals surface area contributed by atoms with Crippen LogP contribution in [0.5, 0.6) is 0 Å². The van der Waals surface area contributed by atoms with E-state index >= 15 is 0 Å². The van der Waals surface area contributed by atoms with Gasteiger partial charge in [0.2, 0.25) is 0 Å². The van der Waals surface area contributed by atoms with Gasteiger partial charge in [-0.3, -0.25) is 9.59 Å². The van der Waals surface area contributed by atoms with Crippen molar-refractivity contribution >= 4 is 17.8 Å². The molecular weight excluding hydrogens is 642 g/mol. The molecule has 2 amide bonds. The number of aromatic nitrogens is 1. The normalized spacial score (nSPS) is 22.8. The second kappa shape index (κ2) is 22.0. The van der Waals surface area contributed by atoms with Gasteiger partial charge in [-0.2, -0.15) is 0 Å². The molecule has 1 aliphatic heterocycles. The van der Waals surface area contributed by atoms with E-state index in [2.05, 4.69) is 29.5 Å². The van der Waals surface area contributed by atoms with Gasteiger partial charge in [-0.05, 0) is 51.5 Å². The molecule has 1 aromatic rings. The molecule has 4 N–H and O–H groups in total. The van der Waals surface area contributed by atoms with Crippen molar-refractivity contribution in [2.45, 2.75) is 206 Å². The molecule has 1 saturated carbocycles. The van der Waals surface area contributed by atoms with Crippen LogP contribution in [0, 0.1) is 11.3 Å². The van der Waals surface area contributed by atoms with E-state index < -0.39 is 29.2 Å². The van der Waals surface area contributed by atoms with E-state index in [9.17, 15) is 19.5 Å². The minimum Gasteiger partial charge on any atom is -0.481 e. The van der Waals surface area contributed by atoms with Gasteiger partial charge in [0, 0.05) is 40.9 Å². The number of carbonyl (C=O) groups excluding carboxylic acids is 2. The monoisotopic (exact) mass is 716 g/mol. The lowest BCUT2D eigenvalue weighted by Crippen LogP contribution is -2.53. The maximum absolute atomic E-state index is 14.2. The van der Waals surface area contributed by atoms with Crippen molar-refractivity contribution in [1.29, 1.82) is 0 Å². The van der Waals surface area contributed by atoms with Gasteiger partial charge in [0.05, 0.1) is 13.0 Å². The lowest BCUT2D eigenvalue weighted by molar-refractivity contribution is -0.298. The Bertz CT molecular complexity index is 1180. The van der Waals surface area contributed by atoms with Crippen molar-refractivity contribution in [3.8, 4) is 0 Å². The largest absolute Gasteiger partial charge is 0.481 e. The van der Waals surface area contributed by atoms with Gasteiger partial charge in [0.25, 0.3) is 0 Å². The summed E-state index contributed by atoms with van der Waals surface area (Å²) in [5.41, 5.74) is 0.539. The second-order valence-corrected chi connectivity index (χ2v) is 16.7. The Morgan fingerprint density at radius 3 is 2.06 bits per heavy atom. The Morgan fingerprint density at radius 2 is 1.45 bits per heavy atom. The van der Waals surface area contributed by atoms with Gasteiger partial charge in [-0.25, -0.2) is 4.79 Å². The highest BCUT2D eigenvalue weighted by Crippen LogP contribution is 2.41. The first kappa shape index (κ1) is 43.0. The average molecular weight is 716 g/mol. The summed E-state index contributed by atoms with van der Waals surface area (Å²) in [7, 11) is 0. The van der Waals surface area contributed by atoms with E-state index in [1.807, 2.05) is 27.7 Å². The van der Waals surface area contributed by atoms with Gasteiger partial charge in [-0.1, -0.05) is 130 Å². The topological polar surface area (TPSA) is 130 Å². The zero-order valence-corrected chi connectivity index (χ0v) is 33.1. The van der Waals surface area contributed by atoms with Crippen LogP contribution in [0.25, 0.3) is 0 Å². The minimum atomic E-state index is -0.919. The van der Waals surface area contributed by atoms with Gasteiger partial charge in [0.15, 0.2) is 11.6 Å². The molecule has 3 rings (SSSR count). The number of unbranched alkanes of at least 4 members (excludes halogenated alkanes) is 11. The molecular formula is C42H73N3O6. The molecule has 292 valence electrons. The smallest absolute Gasteiger partial charge is 0.315 e. The predicted octanol–water partition coefficient (Wildman–Crippen LogP) is 10.4. The number of hydrogen-bond acceptors (Lipinski definition) is 5. The van der Waals surface area contributed by atoms with Crippen molar-refractivity contribution in [3.63, 3.8) is 0 Å². The number of Topliss-reactive ketones (excluding diaryl/α,β-unsaturated/α-hetero) is 1. The molecule has 1 aromatic heterocycles. The molecule has 9 nitrogen and oxygen atoms in total. The molecule has 5 atom stereocenters. The standard InChI is InChI=1S/C42H73N3O6/c1-7-9-11-13-14-15-17-20-24-31(23-19-16-12-10-8-2)44-40(49)45-35-26-22-18-21-25-32(35)34(29-36(46)47)37-33(27-28-43-37)38(48)39-41(3,4)30-50-42(5,6)51-39/h27-28,31-32,34-35,39,43H,7-26,29-30H2,1-6H3,(H,46,47)(H2,44,45,49). The number of carboxylic acids is 1. The third-order valence-corrected chi connectivity index (χ3v) is 11.3. The number of ketones is 1. The number of ether oxygens (including phenoxy) is 2. The molecule has 1 aliphatic carbocycles. The summed E-state index contributed by atoms with van der Waals surface area (Å²) in [6.45, 7) is 12.4. The number of rotatable bonds is 23. The van der Waals surface area contributed by atoms with E-state index in [4.69, 9.17) is 9.47 Å². The molecule has 2 fully saturated rings. The van der Waals surface area contributed by atoms with Crippen molar-refractivity contribution in [3.05, 3.63) is 23.5 Å². The van der Waals surface area contributed by atoms with E-state index in [0.29, 0.717) is 17.9 Å². The number of urea groups is 1. The molecule has 0 spiro atoms. The number of aromatic amines is 1. The van der Waals surface area contributed by atoms with E-state index in [-0.39, 0.29) is 36.2 Å². The highest BCUT2D eigenvalue weighted by Gasteiger charge is 2.47. The fourth-order valence-corrected chi connectivity index (χ4v) is 8.22. The van der Waals surface area contributed by atoms with Crippen LogP contribution in [-0.2, 0) is 14.3 Å². The average Bonchev–Trinajstić information content (AvgIpc) is 3.45. The quantitative estimate of drug-likeness (QED) is 0.0507. The summed E-state index contributed by atoms with van der Waals surface area (Å²) in [5.74, 6) is -2.60. The zero-order valence-electron chi connectivity index (χ0n) is 33.1. The summed E-state index contributed by atoms with van der Waals surface area (Å²) in [6.07, 6.45) is 23.5. The highest BCUT2D eigenvalue weighted by atomic mass is 16.7. The Balaban J connectivity index is 1.75. The molecule has 2 heterocycles. The fourth-order valence-electron chi connectivity index (χ4n) is 8.22. The van der Waals surface area contributed by atoms with Crippen LogP contribution in [0.2, 0.25) is 0 Å². The van der Waals surface area contributed by atoms with Crippen LogP contribution in [0.3, 0.4) is 0 Å². The third-order valence-electron chi connectivity index (χ3n) is 11.3. The van der Waals surface area contributed by atoms with Crippen LogP contribution in [-0.4, -0.2) is 58.5 Å². The SMILES string of the molecule is CCCCCCCCCCC(CCCCCCC)NC(=O)NC1CCCCCC1C(CC(=O)O)c1[nH]ccc1C(=O)C1OC(C)(C)OCC1(C)C. The first-order valence-corrected chi connectivity index (χ1v) is 20.7. The van der Waals surface area contributed by atoms with Gasteiger partial charge < -0.3 is 30.2 Å². The second-order valence-electron chi connectivity index (χ2n) is 16.7. The van der Waals surface area contributed by atoms with Crippen LogP contribution in [0.1, 0.15) is 198 Å². The van der Waals surface area contributed by atoms with Crippen molar-refractivity contribution in [1.82, 2.24) is 15.6 Å². The Hall–Kier alpha value is -2.39. The molecule has 0 aromatic carbocycles. The Morgan fingerprint density at radius 1 is 0.863 bits per heavy atom. The molecule has 51 heavy (non-hydrogen) atoms. The molecule has 0 radical (unpaired) electrons. The first-order chi connectivity index (χ1) is 24.4. The van der Waals surface area contributed by atoms with Crippen molar-refractivity contribution < 1.29 is 29.0 Å². The molecule has 1 saturated heterocycles. The Labute approximate surface area is 309 Å². The number of H-pyrrole nitrogens is 1. The highest BCUT2D eigenvalue weighted by molar-refractivity contribution is 6.01. The maximum Gasteiger partial charge on any atom is 0.315 e. The van der Waals surface area contributed by atoms with Crippen LogP contribution < -0.4 is 10.6 Å². The molecule has 2 aliphatic rings. The number of aliphatic carboxylic acids is 1. The maximum atomic E-state index is 14.2. The fraction of sp³-hybridized carbons (Fsp3) is 0.833. The summed E-state index contributed by atoms with van der Waals surface area (Å²) in [4.78, 5) is 43.7. The van der Waals surface area contributed by atoms with Crippen LogP contribution in [0.15, 0.2) is 12.3 Å². The lowest BCUT2D eigenvalue weighted by atomic mass is 9.76. The predicted molar refractivity (Wildman–Crippen MR) is 205 cm³/mol. The molecule has 9 heteroatoms. The van der Waals surface area contributed by atoms with Crippen molar-refractivity contribution in [2.75, 3.05) is 6.61 Å². The minimum absolute atomic E-state index is 0.130. The van der Waals surface area contributed by atoms with Crippen LogP contribution >= 0.6 is 0 Å². The number of hydrogen-bond donors (Lipinski definition) is 4. The lowest BCUT2D eigenvalue weighted by Gasteiger charge is -2.45. The summed E-state index contributed by atoms with van der Waals surface area (Å²) < 4.78 is 12.1. The number of amides is 2. The number of carbonyl (C=O) groups is 3. The van der Waals surface area contributed by atoms with E-state index in [1.54, 1.807) is 12.3 Å².